The van der Waals surface area contributed by atoms with Crippen LogP contribution in [0.5, 0.6) is 0 Å². The number of aliphatic carboxylic acids is 1. The molecule has 1 unspecified atom stereocenters. The molecule has 34 heavy (non-hydrogen) atoms. The zero-order valence-electron chi connectivity index (χ0n) is 19.1. The molecule has 0 spiro atoms. The molecule has 2 heterocycles. The Morgan fingerprint density at radius 2 is 1.88 bits per heavy atom. The molecule has 0 aliphatic carbocycles. The second-order valence-corrected chi connectivity index (χ2v) is 7.88. The normalized spacial score (nSPS) is 13.8. The summed E-state index contributed by atoms with van der Waals surface area (Å²) in [5.41, 5.74) is 4.25. The van der Waals surface area contributed by atoms with Crippen LogP contribution < -0.4 is 5.73 Å². The van der Waals surface area contributed by atoms with Crippen LogP contribution in [0.4, 0.5) is 10.2 Å². The predicted molar refractivity (Wildman–Crippen MR) is 120 cm³/mol. The van der Waals surface area contributed by atoms with Gasteiger partial charge in [-0.3, -0.25) is 9.59 Å². The SMILES string of the molecule is C#CC(COC(=O)CCCCCCCCC(=O)O)(OC)[C@@H](O)Cn1cnc2c(N)nc(F)nc21. The van der Waals surface area contributed by atoms with E-state index < -0.39 is 29.7 Å². The van der Waals surface area contributed by atoms with Gasteiger partial charge in [0, 0.05) is 20.0 Å². The smallest absolute Gasteiger partial charge is 0.312 e. The molecule has 2 aromatic rings. The molecule has 0 saturated heterocycles. The topological polar surface area (TPSA) is 163 Å². The van der Waals surface area contributed by atoms with Crippen molar-refractivity contribution in [3.05, 3.63) is 12.4 Å². The molecule has 0 fully saturated rings. The number of halogens is 1. The number of nitrogens with zero attached hydrogens (tertiary/aromatic N) is 4. The summed E-state index contributed by atoms with van der Waals surface area (Å²) in [6.45, 7) is -0.558. The lowest BCUT2D eigenvalue weighted by molar-refractivity contribution is -0.157. The van der Waals surface area contributed by atoms with E-state index in [1.165, 1.54) is 18.0 Å². The van der Waals surface area contributed by atoms with Gasteiger partial charge in [0.25, 0.3) is 0 Å². The Labute approximate surface area is 196 Å². The van der Waals surface area contributed by atoms with Crippen LogP contribution in [0.25, 0.3) is 11.2 Å². The van der Waals surface area contributed by atoms with Gasteiger partial charge in [0.15, 0.2) is 17.1 Å². The predicted octanol–water partition coefficient (Wildman–Crippen LogP) is 1.68. The van der Waals surface area contributed by atoms with Crippen LogP contribution in [0.15, 0.2) is 6.33 Å². The fraction of sp³-hybridized carbons (Fsp3) is 0.591. The minimum atomic E-state index is -1.65. The molecule has 186 valence electrons. The third kappa shape index (κ3) is 7.36. The van der Waals surface area contributed by atoms with E-state index in [2.05, 4.69) is 20.9 Å². The molecule has 0 aromatic carbocycles. The number of imidazole rings is 1. The Morgan fingerprint density at radius 1 is 1.24 bits per heavy atom. The molecule has 0 aliphatic heterocycles. The van der Waals surface area contributed by atoms with Crippen molar-refractivity contribution < 1.29 is 33.7 Å². The fourth-order valence-corrected chi connectivity index (χ4v) is 3.41. The lowest BCUT2D eigenvalue weighted by Gasteiger charge is -2.31. The van der Waals surface area contributed by atoms with Crippen molar-refractivity contribution >= 4 is 28.9 Å². The monoisotopic (exact) mass is 479 g/mol. The van der Waals surface area contributed by atoms with Crippen LogP contribution in [0, 0.1) is 18.4 Å². The van der Waals surface area contributed by atoms with Crippen molar-refractivity contribution in [2.24, 2.45) is 0 Å². The fourth-order valence-electron chi connectivity index (χ4n) is 3.41. The van der Waals surface area contributed by atoms with Gasteiger partial charge < -0.3 is 30.0 Å². The van der Waals surface area contributed by atoms with E-state index in [0.29, 0.717) is 12.8 Å². The molecule has 2 atom stereocenters. The van der Waals surface area contributed by atoms with Crippen molar-refractivity contribution in [1.82, 2.24) is 19.5 Å². The molecule has 0 saturated carbocycles. The number of terminal acetylenes is 1. The number of methoxy groups -OCH3 is 1. The molecule has 2 aromatic heterocycles. The number of carbonyl (C=O) groups is 2. The van der Waals surface area contributed by atoms with Crippen LogP contribution in [-0.2, 0) is 25.6 Å². The summed E-state index contributed by atoms with van der Waals surface area (Å²) in [5.74, 6) is 0.937. The lowest BCUT2D eigenvalue weighted by Crippen LogP contribution is -2.49. The number of hydrogen-bond donors (Lipinski definition) is 3. The first kappa shape index (κ1) is 26.9. The van der Waals surface area contributed by atoms with Gasteiger partial charge in [-0.25, -0.2) is 4.98 Å². The summed E-state index contributed by atoms with van der Waals surface area (Å²) in [6.07, 6.45) is 9.58. The van der Waals surface area contributed by atoms with Gasteiger partial charge in [-0.15, -0.1) is 6.42 Å². The third-order valence-corrected chi connectivity index (χ3v) is 5.45. The third-order valence-electron chi connectivity index (χ3n) is 5.45. The van der Waals surface area contributed by atoms with Gasteiger partial charge >= 0.3 is 18.0 Å². The Bertz CT molecular complexity index is 1020. The highest BCUT2D eigenvalue weighted by atomic mass is 19.1. The highest BCUT2D eigenvalue weighted by Crippen LogP contribution is 2.21. The summed E-state index contributed by atoms with van der Waals surface area (Å²) in [4.78, 5) is 33.7. The molecule has 2 rings (SSSR count). The number of hydrogen-bond acceptors (Lipinski definition) is 9. The minimum Gasteiger partial charge on any atom is -0.481 e. The van der Waals surface area contributed by atoms with Gasteiger partial charge in [-0.1, -0.05) is 31.6 Å². The number of rotatable bonds is 15. The van der Waals surface area contributed by atoms with Crippen LogP contribution >= 0.6 is 0 Å². The highest BCUT2D eigenvalue weighted by molar-refractivity contribution is 5.81. The van der Waals surface area contributed by atoms with Gasteiger partial charge in [0.05, 0.1) is 12.9 Å². The lowest BCUT2D eigenvalue weighted by atomic mass is 9.98. The number of ether oxygens (including phenoxy) is 2. The second-order valence-electron chi connectivity index (χ2n) is 7.88. The molecular formula is C22H30FN5O6. The summed E-state index contributed by atoms with van der Waals surface area (Å²) >= 11 is 0. The minimum absolute atomic E-state index is 0.0750. The number of nitrogens with two attached hydrogens (primary N) is 1. The first-order valence-electron chi connectivity index (χ1n) is 10.9. The molecule has 11 nitrogen and oxygen atoms in total. The van der Waals surface area contributed by atoms with Crippen LogP contribution in [0.1, 0.15) is 51.4 Å². The van der Waals surface area contributed by atoms with Gasteiger partial charge in [-0.2, -0.15) is 14.4 Å². The number of nitrogen functional groups attached to an aromatic ring is 1. The van der Waals surface area contributed by atoms with Crippen LogP contribution in [0.3, 0.4) is 0 Å². The summed E-state index contributed by atoms with van der Waals surface area (Å²) in [7, 11) is 1.28. The van der Waals surface area contributed by atoms with E-state index in [4.69, 9.17) is 26.7 Å². The van der Waals surface area contributed by atoms with Crippen molar-refractivity contribution in [3.63, 3.8) is 0 Å². The van der Waals surface area contributed by atoms with Gasteiger partial charge in [-0.05, 0) is 12.8 Å². The molecular weight excluding hydrogens is 449 g/mol. The largest absolute Gasteiger partial charge is 0.481 e. The van der Waals surface area contributed by atoms with E-state index in [1.807, 2.05) is 0 Å². The number of fused-ring (bicyclic) bond motifs is 1. The van der Waals surface area contributed by atoms with E-state index in [9.17, 15) is 19.1 Å². The molecule has 0 bridgehead atoms. The Morgan fingerprint density at radius 3 is 2.50 bits per heavy atom. The Balaban J connectivity index is 1.85. The van der Waals surface area contributed by atoms with Crippen molar-refractivity contribution in [2.75, 3.05) is 19.5 Å². The van der Waals surface area contributed by atoms with Crippen molar-refractivity contribution in [3.8, 4) is 12.3 Å². The summed E-state index contributed by atoms with van der Waals surface area (Å²) in [5, 5.41) is 19.4. The number of aliphatic hydroxyl groups is 1. The van der Waals surface area contributed by atoms with E-state index in [-0.39, 0.29) is 43.0 Å². The molecule has 0 radical (unpaired) electrons. The maximum absolute atomic E-state index is 13.6. The zero-order valence-corrected chi connectivity index (χ0v) is 19.1. The zero-order chi connectivity index (χ0) is 25.1. The standard InChI is InChI=1S/C22H30FN5O6/c1-3-22(33-2,13-34-17(32)11-9-7-5-4-6-8-10-16(30)31)15(29)12-28-14-25-18-19(24)26-21(23)27-20(18)28/h1,14-15,29H,4-13H2,2H3,(H,30,31)(H2,24,26,27)/t15-,22?/m0/s1. The van der Waals surface area contributed by atoms with Crippen LogP contribution in [0.2, 0.25) is 0 Å². The van der Waals surface area contributed by atoms with E-state index >= 15 is 0 Å². The van der Waals surface area contributed by atoms with E-state index in [1.54, 1.807) is 0 Å². The number of carboxylic acids is 1. The number of anilines is 1. The molecule has 12 heteroatoms. The van der Waals surface area contributed by atoms with Crippen molar-refractivity contribution in [1.29, 1.82) is 0 Å². The maximum atomic E-state index is 13.6. The van der Waals surface area contributed by atoms with E-state index in [0.717, 1.165) is 25.7 Å². The number of carboxylic acid groups (broad SMARTS) is 1. The quantitative estimate of drug-likeness (QED) is 0.148. The van der Waals surface area contributed by atoms with Crippen molar-refractivity contribution in [2.45, 2.75) is 69.6 Å². The molecule has 0 amide bonds. The molecule has 0 aliphatic rings. The second kappa shape index (κ2) is 12.8. The Kier molecular flexibility index (Phi) is 10.2. The first-order chi connectivity index (χ1) is 16.2. The van der Waals surface area contributed by atoms with Crippen LogP contribution in [-0.4, -0.2) is 67.1 Å². The summed E-state index contributed by atoms with van der Waals surface area (Å²) < 4.78 is 25.5. The number of unbranched alkanes of at least 4 members (excludes halogenated alkanes) is 5. The van der Waals surface area contributed by atoms with Gasteiger partial charge in [0.1, 0.15) is 18.2 Å². The Hall–Kier alpha value is -3.30. The average molecular weight is 480 g/mol. The van der Waals surface area contributed by atoms with Gasteiger partial charge in [0.2, 0.25) is 0 Å². The molecule has 4 N–H and O–H groups in total. The number of aromatic nitrogens is 4. The highest BCUT2D eigenvalue weighted by Gasteiger charge is 2.38. The first-order valence-corrected chi connectivity index (χ1v) is 10.9. The number of esters is 1. The summed E-state index contributed by atoms with van der Waals surface area (Å²) in [6, 6.07) is 0. The number of carbonyl (C=O) groups excluding carboxylic acids is 1. The maximum Gasteiger partial charge on any atom is 0.312 e. The number of aliphatic hydroxyl groups excluding tert-OH is 1. The average Bonchev–Trinajstić information content (AvgIpc) is 3.19.